The van der Waals surface area contributed by atoms with Crippen LogP contribution in [0.4, 0.5) is 17.2 Å². The topological polar surface area (TPSA) is 95.4 Å². The molecule has 0 saturated heterocycles. The third kappa shape index (κ3) is 3.61. The summed E-state index contributed by atoms with van der Waals surface area (Å²) in [5, 5.41) is 3.46. The molecule has 0 aliphatic carbocycles. The molecule has 2 aromatic heterocycles. The smallest absolute Gasteiger partial charge is 0.236 e. The van der Waals surface area contributed by atoms with Crippen LogP contribution in [0.15, 0.2) is 41.3 Å². The highest BCUT2D eigenvalue weighted by molar-refractivity contribution is 6.34. The Morgan fingerprint density at radius 3 is 2.84 bits per heavy atom. The molecule has 3 rings (SSSR count). The number of hydrogen-bond acceptors (Lipinski definition) is 7. The summed E-state index contributed by atoms with van der Waals surface area (Å²) in [5.74, 6) is 2.06. The van der Waals surface area contributed by atoms with Crippen molar-refractivity contribution in [2.45, 2.75) is 6.92 Å². The van der Waals surface area contributed by atoms with Gasteiger partial charge in [-0.3, -0.25) is 0 Å². The quantitative estimate of drug-likeness (QED) is 0.682. The minimum Gasteiger partial charge on any atom is -0.496 e. The molecule has 8 heteroatoms. The van der Waals surface area contributed by atoms with Gasteiger partial charge in [-0.2, -0.15) is 4.98 Å². The number of anilines is 3. The third-order valence-corrected chi connectivity index (χ3v) is 3.79. The maximum absolute atomic E-state index is 6.10. The molecule has 3 aromatic rings. The number of oxazole rings is 1. The Labute approximate surface area is 149 Å². The first kappa shape index (κ1) is 16.9. The molecule has 3 N–H and O–H groups in total. The van der Waals surface area contributed by atoms with E-state index in [9.17, 15) is 0 Å². The molecule has 2 heterocycles. The summed E-state index contributed by atoms with van der Waals surface area (Å²) in [6.45, 7) is 2.29. The van der Waals surface area contributed by atoms with E-state index in [1.165, 1.54) is 6.39 Å². The highest BCUT2D eigenvalue weighted by atomic mass is 35.5. The number of aromatic nitrogens is 2. The Balaban J connectivity index is 1.91. The van der Waals surface area contributed by atoms with Gasteiger partial charge in [0.2, 0.25) is 5.88 Å². The SMILES string of the molecule is CCOc1nc(Nc2ccc(-c3cnco3)c(OC)c2)cc(N)c1Cl. The van der Waals surface area contributed by atoms with Gasteiger partial charge in [0, 0.05) is 17.8 Å². The lowest BCUT2D eigenvalue weighted by Crippen LogP contribution is -2.02. The first-order valence-electron chi connectivity index (χ1n) is 7.55. The number of benzene rings is 1. The molecule has 130 valence electrons. The fraction of sp³-hybridized carbons (Fsp3) is 0.176. The van der Waals surface area contributed by atoms with E-state index in [0.29, 0.717) is 34.6 Å². The molecule has 0 aliphatic rings. The molecule has 0 fully saturated rings. The van der Waals surface area contributed by atoms with Crippen molar-refractivity contribution in [2.75, 3.05) is 24.8 Å². The Hall–Kier alpha value is -2.93. The maximum Gasteiger partial charge on any atom is 0.236 e. The minimum absolute atomic E-state index is 0.289. The van der Waals surface area contributed by atoms with Crippen LogP contribution >= 0.6 is 11.6 Å². The molecule has 7 nitrogen and oxygen atoms in total. The molecule has 25 heavy (non-hydrogen) atoms. The highest BCUT2D eigenvalue weighted by Gasteiger charge is 2.13. The molecule has 1 aromatic carbocycles. The molecule has 0 spiro atoms. The molecule has 0 amide bonds. The van der Waals surface area contributed by atoms with E-state index in [1.54, 1.807) is 19.4 Å². The largest absolute Gasteiger partial charge is 0.496 e. The van der Waals surface area contributed by atoms with Crippen LogP contribution in [-0.4, -0.2) is 23.7 Å². The number of nitrogens with one attached hydrogen (secondary N) is 1. The van der Waals surface area contributed by atoms with Gasteiger partial charge in [-0.1, -0.05) is 11.6 Å². The van der Waals surface area contributed by atoms with Gasteiger partial charge >= 0.3 is 0 Å². The van der Waals surface area contributed by atoms with Crippen molar-refractivity contribution in [3.05, 3.63) is 41.9 Å². The normalized spacial score (nSPS) is 10.5. The monoisotopic (exact) mass is 360 g/mol. The first-order chi connectivity index (χ1) is 12.1. The Morgan fingerprint density at radius 1 is 1.32 bits per heavy atom. The van der Waals surface area contributed by atoms with Crippen molar-refractivity contribution in [2.24, 2.45) is 0 Å². The molecule has 0 radical (unpaired) electrons. The molecule has 0 aliphatic heterocycles. The Kier molecular flexibility index (Phi) is 4.95. The lowest BCUT2D eigenvalue weighted by molar-refractivity contribution is 0.328. The Morgan fingerprint density at radius 2 is 2.16 bits per heavy atom. The number of methoxy groups -OCH3 is 1. The summed E-state index contributed by atoms with van der Waals surface area (Å²) >= 11 is 6.10. The second-order valence-corrected chi connectivity index (χ2v) is 5.43. The molecular formula is C17H17ClN4O3. The summed E-state index contributed by atoms with van der Waals surface area (Å²) in [6, 6.07) is 7.20. The van der Waals surface area contributed by atoms with Gasteiger partial charge in [0.05, 0.1) is 31.2 Å². The fourth-order valence-corrected chi connectivity index (χ4v) is 2.44. The van der Waals surface area contributed by atoms with Crippen LogP contribution in [0.25, 0.3) is 11.3 Å². The van der Waals surface area contributed by atoms with E-state index in [2.05, 4.69) is 15.3 Å². The number of nitrogens with two attached hydrogens (primary N) is 1. The number of pyridine rings is 1. The van der Waals surface area contributed by atoms with Gasteiger partial charge < -0.3 is 24.9 Å². The zero-order valence-corrected chi connectivity index (χ0v) is 14.5. The molecule has 0 saturated carbocycles. The standard InChI is InChI=1S/C17H17ClN4O3/c1-3-24-17-16(18)12(19)7-15(22-17)21-10-4-5-11(13(6-10)23-2)14-8-20-9-25-14/h4-9H,3H2,1-2H3,(H3,19,21,22). The fourth-order valence-electron chi connectivity index (χ4n) is 2.29. The molecule has 0 atom stereocenters. The zero-order chi connectivity index (χ0) is 17.8. The second kappa shape index (κ2) is 7.31. The van der Waals surface area contributed by atoms with Crippen molar-refractivity contribution in [3.63, 3.8) is 0 Å². The van der Waals surface area contributed by atoms with Crippen LogP contribution in [0, 0.1) is 0 Å². The second-order valence-electron chi connectivity index (χ2n) is 5.05. The van der Waals surface area contributed by atoms with Crippen LogP contribution in [-0.2, 0) is 0 Å². The van der Waals surface area contributed by atoms with Gasteiger partial charge in [0.25, 0.3) is 0 Å². The van der Waals surface area contributed by atoms with Crippen molar-refractivity contribution < 1.29 is 13.9 Å². The van der Waals surface area contributed by atoms with Gasteiger partial charge in [-0.05, 0) is 19.1 Å². The van der Waals surface area contributed by atoms with Crippen molar-refractivity contribution in [1.29, 1.82) is 0 Å². The van der Waals surface area contributed by atoms with Crippen molar-refractivity contribution in [1.82, 2.24) is 9.97 Å². The van der Waals surface area contributed by atoms with E-state index < -0.39 is 0 Å². The van der Waals surface area contributed by atoms with Crippen LogP contribution in [0.2, 0.25) is 5.02 Å². The van der Waals surface area contributed by atoms with Gasteiger partial charge in [-0.25, -0.2) is 4.98 Å². The molecule has 0 bridgehead atoms. The first-order valence-corrected chi connectivity index (χ1v) is 7.93. The van der Waals surface area contributed by atoms with Crippen molar-refractivity contribution >= 4 is 28.8 Å². The number of nitrogens with zero attached hydrogens (tertiary/aromatic N) is 2. The number of rotatable bonds is 6. The van der Waals surface area contributed by atoms with Gasteiger partial charge in [0.15, 0.2) is 12.2 Å². The van der Waals surface area contributed by atoms with E-state index in [0.717, 1.165) is 11.3 Å². The zero-order valence-electron chi connectivity index (χ0n) is 13.7. The number of nitrogen functional groups attached to an aromatic ring is 1. The van der Waals surface area contributed by atoms with E-state index in [1.807, 2.05) is 25.1 Å². The minimum atomic E-state index is 0.289. The van der Waals surface area contributed by atoms with Gasteiger partial charge in [-0.15, -0.1) is 0 Å². The number of ether oxygens (including phenoxy) is 2. The van der Waals surface area contributed by atoms with E-state index in [-0.39, 0.29) is 5.88 Å². The van der Waals surface area contributed by atoms with Crippen LogP contribution < -0.4 is 20.5 Å². The summed E-state index contributed by atoms with van der Waals surface area (Å²) in [6.07, 6.45) is 3.00. The summed E-state index contributed by atoms with van der Waals surface area (Å²) in [7, 11) is 1.59. The molecule has 0 unspecified atom stereocenters. The van der Waals surface area contributed by atoms with Crippen LogP contribution in [0.1, 0.15) is 6.92 Å². The van der Waals surface area contributed by atoms with E-state index >= 15 is 0 Å². The third-order valence-electron chi connectivity index (χ3n) is 3.41. The van der Waals surface area contributed by atoms with Crippen molar-refractivity contribution in [3.8, 4) is 23.0 Å². The van der Waals surface area contributed by atoms with E-state index in [4.69, 9.17) is 31.2 Å². The number of hydrogen-bond donors (Lipinski definition) is 2. The molecular weight excluding hydrogens is 344 g/mol. The average molecular weight is 361 g/mol. The van der Waals surface area contributed by atoms with Gasteiger partial charge in [0.1, 0.15) is 16.6 Å². The Bertz CT molecular complexity index is 869. The lowest BCUT2D eigenvalue weighted by Gasteiger charge is -2.13. The summed E-state index contributed by atoms with van der Waals surface area (Å²) < 4.78 is 16.2. The maximum atomic E-state index is 6.10. The lowest BCUT2D eigenvalue weighted by atomic mass is 10.1. The van der Waals surface area contributed by atoms with Crippen LogP contribution in [0.5, 0.6) is 11.6 Å². The summed E-state index contributed by atoms with van der Waals surface area (Å²) in [5.41, 5.74) is 7.85. The summed E-state index contributed by atoms with van der Waals surface area (Å²) in [4.78, 5) is 8.25. The number of halogens is 1. The predicted octanol–water partition coefficient (Wildman–Crippen LogP) is 4.12. The highest BCUT2D eigenvalue weighted by Crippen LogP contribution is 2.35. The van der Waals surface area contributed by atoms with Crippen LogP contribution in [0.3, 0.4) is 0 Å². The predicted molar refractivity (Wildman–Crippen MR) is 96.6 cm³/mol. The average Bonchev–Trinajstić information content (AvgIpc) is 3.13.